The zero-order chi connectivity index (χ0) is 17.2. The average molecular weight is 405 g/mol. The smallest absolute Gasteiger partial charge is 0.264 e. The summed E-state index contributed by atoms with van der Waals surface area (Å²) in [4.78, 5) is 4.74. The van der Waals surface area contributed by atoms with Crippen LogP contribution in [0.1, 0.15) is 18.1 Å². The van der Waals surface area contributed by atoms with Crippen molar-refractivity contribution in [3.63, 3.8) is 0 Å². The number of hydrogen-bond acceptors (Lipinski definition) is 3. The summed E-state index contributed by atoms with van der Waals surface area (Å²) in [6, 6.07) is 17.3. The van der Waals surface area contributed by atoms with Gasteiger partial charge in [0.2, 0.25) is 0 Å². The van der Waals surface area contributed by atoms with Crippen LogP contribution >= 0.6 is 15.9 Å². The summed E-state index contributed by atoms with van der Waals surface area (Å²) in [5.74, 6) is 0.431. The maximum absolute atomic E-state index is 12.5. The van der Waals surface area contributed by atoms with Crippen molar-refractivity contribution >= 4 is 36.7 Å². The average Bonchev–Trinajstić information content (AvgIpc) is 2.77. The van der Waals surface area contributed by atoms with Gasteiger partial charge in [-0.2, -0.15) is 0 Å². The Morgan fingerprint density at radius 3 is 2.54 bits per heavy atom. The van der Waals surface area contributed by atoms with E-state index in [-0.39, 0.29) is 0 Å². The van der Waals surface area contributed by atoms with E-state index < -0.39 is 10.0 Å². The number of hydrogen-bond donors (Lipinski definition) is 1. The third-order valence-corrected chi connectivity index (χ3v) is 5.83. The van der Waals surface area contributed by atoms with Crippen LogP contribution in [0, 0.1) is 0 Å². The van der Waals surface area contributed by atoms with Crippen molar-refractivity contribution in [2.24, 2.45) is 4.99 Å². The maximum Gasteiger partial charge on any atom is 0.264 e. The molecule has 2 aromatic rings. The fraction of sp³-hybridized carbons (Fsp3) is 0.167. The highest BCUT2D eigenvalue weighted by molar-refractivity contribution is 9.10. The Morgan fingerprint density at radius 2 is 1.83 bits per heavy atom. The van der Waals surface area contributed by atoms with Crippen LogP contribution in [0.2, 0.25) is 0 Å². The van der Waals surface area contributed by atoms with Crippen molar-refractivity contribution in [1.29, 1.82) is 0 Å². The van der Waals surface area contributed by atoms with Gasteiger partial charge in [-0.05, 0) is 36.6 Å². The molecule has 0 saturated heterocycles. The molecular weight excluding hydrogens is 388 g/mol. The van der Waals surface area contributed by atoms with Crippen LogP contribution in [0.15, 0.2) is 69.6 Å². The molecule has 0 saturated carbocycles. The fourth-order valence-corrected chi connectivity index (χ4v) is 4.57. The number of nitrogens with one attached hydrogen (secondary N) is 1. The Hall–Kier alpha value is -1.92. The van der Waals surface area contributed by atoms with Crippen molar-refractivity contribution in [3.8, 4) is 0 Å². The van der Waals surface area contributed by atoms with Gasteiger partial charge in [0.15, 0.2) is 0 Å². The van der Waals surface area contributed by atoms with Gasteiger partial charge < -0.3 is 0 Å². The number of benzene rings is 2. The monoisotopic (exact) mass is 404 g/mol. The molecule has 0 spiro atoms. The minimum Gasteiger partial charge on any atom is -0.267 e. The van der Waals surface area contributed by atoms with Crippen LogP contribution in [0.25, 0.3) is 4.91 Å². The van der Waals surface area contributed by atoms with E-state index in [4.69, 9.17) is 0 Å². The Labute approximate surface area is 150 Å². The second kappa shape index (κ2) is 6.91. The molecule has 0 unspecified atom stereocenters. The molecule has 124 valence electrons. The molecule has 2 aromatic carbocycles. The molecule has 1 aliphatic heterocycles. The van der Waals surface area contributed by atoms with Crippen LogP contribution in [0.3, 0.4) is 0 Å². The first-order valence-electron chi connectivity index (χ1n) is 7.56. The number of sulfonamides is 1. The second-order valence-corrected chi connectivity index (χ2v) is 8.07. The third-order valence-electron chi connectivity index (χ3n) is 3.80. The van der Waals surface area contributed by atoms with Crippen molar-refractivity contribution in [2.45, 2.75) is 13.3 Å². The van der Waals surface area contributed by atoms with E-state index in [2.05, 4.69) is 25.6 Å². The third kappa shape index (κ3) is 3.60. The lowest BCUT2D eigenvalue weighted by Gasteiger charge is -2.03. The first-order valence-corrected chi connectivity index (χ1v) is 9.83. The molecular formula is C18H17BrN2O2S. The molecule has 4 nitrogen and oxygen atoms in total. The molecule has 0 aromatic heterocycles. The summed E-state index contributed by atoms with van der Waals surface area (Å²) in [6.45, 7) is 2.32. The summed E-state index contributed by atoms with van der Waals surface area (Å²) in [7, 11) is -3.57. The van der Waals surface area contributed by atoms with Gasteiger partial charge >= 0.3 is 0 Å². The standard InChI is InChI=1S/C18H17BrN2O2S/c1-13-17(15-8-5-9-16(19)12-15)24(22,23)21-18(13)20-11-10-14-6-3-2-4-7-14/h2-9,12H,10-11H2,1H3,(H,20,21). The molecule has 6 heteroatoms. The van der Waals surface area contributed by atoms with E-state index in [1.54, 1.807) is 19.1 Å². The molecule has 1 heterocycles. The predicted molar refractivity (Wildman–Crippen MR) is 101 cm³/mol. The Balaban J connectivity index is 1.87. The lowest BCUT2D eigenvalue weighted by Crippen LogP contribution is -2.24. The SMILES string of the molecule is CC1=C(c2cccc(Br)c2)S(=O)(=O)NC1=NCCc1ccccc1. The van der Waals surface area contributed by atoms with Gasteiger partial charge in [0, 0.05) is 16.6 Å². The summed E-state index contributed by atoms with van der Waals surface area (Å²) < 4.78 is 28.3. The molecule has 3 rings (SSSR count). The van der Waals surface area contributed by atoms with Crippen molar-refractivity contribution in [3.05, 3.63) is 75.8 Å². The van der Waals surface area contributed by atoms with Crippen LogP contribution < -0.4 is 4.72 Å². The molecule has 0 atom stereocenters. The Bertz CT molecular complexity index is 919. The van der Waals surface area contributed by atoms with Gasteiger partial charge in [-0.1, -0.05) is 58.4 Å². The number of amidine groups is 1. The topological polar surface area (TPSA) is 58.5 Å². The molecule has 0 bridgehead atoms. The molecule has 1 N–H and O–H groups in total. The molecule has 0 radical (unpaired) electrons. The highest BCUT2D eigenvalue weighted by Crippen LogP contribution is 2.31. The quantitative estimate of drug-likeness (QED) is 0.842. The number of halogens is 1. The Kier molecular flexibility index (Phi) is 4.87. The van der Waals surface area contributed by atoms with Crippen molar-refractivity contribution in [2.75, 3.05) is 6.54 Å². The van der Waals surface area contributed by atoms with E-state index in [0.29, 0.717) is 28.4 Å². The molecule has 0 fully saturated rings. The molecule has 0 aliphatic carbocycles. The van der Waals surface area contributed by atoms with Gasteiger partial charge in [-0.15, -0.1) is 0 Å². The first-order chi connectivity index (χ1) is 11.5. The number of aliphatic imine (C=N–C) groups is 1. The molecule has 0 amide bonds. The van der Waals surface area contributed by atoms with E-state index in [9.17, 15) is 8.42 Å². The van der Waals surface area contributed by atoms with Gasteiger partial charge in [-0.3, -0.25) is 9.71 Å². The highest BCUT2D eigenvalue weighted by atomic mass is 79.9. The lowest BCUT2D eigenvalue weighted by atomic mass is 10.1. The predicted octanol–water partition coefficient (Wildman–Crippen LogP) is 3.75. The normalized spacial score (nSPS) is 18.0. The largest absolute Gasteiger partial charge is 0.267 e. The van der Waals surface area contributed by atoms with E-state index >= 15 is 0 Å². The fourth-order valence-electron chi connectivity index (χ4n) is 2.66. The zero-order valence-corrected chi connectivity index (χ0v) is 15.6. The number of rotatable bonds is 4. The van der Waals surface area contributed by atoms with Crippen LogP contribution in [0.4, 0.5) is 0 Å². The van der Waals surface area contributed by atoms with Crippen molar-refractivity contribution < 1.29 is 8.42 Å². The summed E-state index contributed by atoms with van der Waals surface area (Å²) in [5, 5.41) is 0. The van der Waals surface area contributed by atoms with Gasteiger partial charge in [0.25, 0.3) is 10.0 Å². The van der Waals surface area contributed by atoms with E-state index in [0.717, 1.165) is 10.9 Å². The van der Waals surface area contributed by atoms with E-state index in [1.807, 2.05) is 42.5 Å². The Morgan fingerprint density at radius 1 is 1.08 bits per heavy atom. The van der Waals surface area contributed by atoms with Crippen LogP contribution in [-0.4, -0.2) is 20.8 Å². The van der Waals surface area contributed by atoms with E-state index in [1.165, 1.54) is 5.56 Å². The summed E-state index contributed by atoms with van der Waals surface area (Å²) >= 11 is 3.38. The second-order valence-electron chi connectivity index (χ2n) is 5.54. The summed E-state index contributed by atoms with van der Waals surface area (Å²) in [6.07, 6.45) is 0.769. The van der Waals surface area contributed by atoms with Crippen molar-refractivity contribution in [1.82, 2.24) is 4.72 Å². The maximum atomic E-state index is 12.5. The zero-order valence-electron chi connectivity index (χ0n) is 13.2. The molecule has 1 aliphatic rings. The number of nitrogens with zero attached hydrogens (tertiary/aromatic N) is 1. The first kappa shape index (κ1) is 16.9. The van der Waals surface area contributed by atoms with Gasteiger partial charge in [0.1, 0.15) is 10.7 Å². The van der Waals surface area contributed by atoms with Gasteiger partial charge in [0.05, 0.1) is 0 Å². The summed E-state index contributed by atoms with van der Waals surface area (Å²) in [5.41, 5.74) is 2.49. The molecule has 24 heavy (non-hydrogen) atoms. The van der Waals surface area contributed by atoms with Crippen LogP contribution in [0.5, 0.6) is 0 Å². The van der Waals surface area contributed by atoms with Gasteiger partial charge in [-0.25, -0.2) is 8.42 Å². The van der Waals surface area contributed by atoms with Crippen LogP contribution in [-0.2, 0) is 16.4 Å². The lowest BCUT2D eigenvalue weighted by molar-refractivity contribution is 0.603. The minimum absolute atomic E-state index is 0.294. The highest BCUT2D eigenvalue weighted by Gasteiger charge is 2.32. The minimum atomic E-state index is -3.57.